The van der Waals surface area contributed by atoms with Gasteiger partial charge in [-0.2, -0.15) is 0 Å². The zero-order chi connectivity index (χ0) is 30.2. The van der Waals surface area contributed by atoms with Crippen molar-refractivity contribution in [2.24, 2.45) is 0 Å². The molecular weight excluding hydrogens is 571 g/mol. The molecule has 42 heavy (non-hydrogen) atoms. The van der Waals surface area contributed by atoms with Crippen LogP contribution >= 0.6 is 11.8 Å². The van der Waals surface area contributed by atoms with E-state index in [1.54, 1.807) is 13.8 Å². The number of aromatic nitrogens is 3. The number of halogens is 3. The molecule has 1 fully saturated rings. The van der Waals surface area contributed by atoms with Crippen molar-refractivity contribution in [2.75, 3.05) is 6.61 Å². The van der Waals surface area contributed by atoms with Crippen molar-refractivity contribution < 1.29 is 38.3 Å². The molecule has 6 atom stereocenters. The summed E-state index contributed by atoms with van der Waals surface area (Å²) in [4.78, 5) is 0. The molecule has 0 aliphatic carbocycles. The average molecular weight is 602 g/mol. The smallest absolute Gasteiger partial charge is 0.194 e. The SMILES string of the molecule is CC(C)(O)C(S[C@@H]1O[C@H](CO)[C@H](O)[C@H](n2cc(-c3cc(F)c(F)c(F)c3)nn2)[C@H]1O)c1ccccc1-c1ccccc1. The molecule has 8 nitrogen and oxygen atoms in total. The molecule has 12 heteroatoms. The number of ether oxygens (including phenoxy) is 1. The lowest BCUT2D eigenvalue weighted by atomic mass is 9.91. The number of hydrogen-bond acceptors (Lipinski definition) is 8. The number of benzene rings is 3. The zero-order valence-corrected chi connectivity index (χ0v) is 23.5. The summed E-state index contributed by atoms with van der Waals surface area (Å²) in [6.45, 7) is 2.69. The highest BCUT2D eigenvalue weighted by Crippen LogP contribution is 2.48. The van der Waals surface area contributed by atoms with E-state index in [9.17, 15) is 33.6 Å². The number of nitrogens with zero attached hydrogens (tertiary/aromatic N) is 3. The van der Waals surface area contributed by atoms with Crippen molar-refractivity contribution in [1.82, 2.24) is 15.0 Å². The van der Waals surface area contributed by atoms with Crippen LogP contribution in [0.1, 0.15) is 30.7 Å². The molecule has 4 N–H and O–H groups in total. The normalized spacial score (nSPS) is 23.6. The van der Waals surface area contributed by atoms with E-state index in [2.05, 4.69) is 10.3 Å². The molecule has 1 aromatic heterocycles. The van der Waals surface area contributed by atoms with Gasteiger partial charge in [0, 0.05) is 5.56 Å². The number of aliphatic hydroxyl groups is 4. The lowest BCUT2D eigenvalue weighted by Gasteiger charge is -2.44. The van der Waals surface area contributed by atoms with Gasteiger partial charge < -0.3 is 25.2 Å². The Bertz CT molecular complexity index is 1510. The molecule has 2 heterocycles. The second-order valence-corrected chi connectivity index (χ2v) is 11.9. The third kappa shape index (κ3) is 5.96. The zero-order valence-electron chi connectivity index (χ0n) is 22.7. The van der Waals surface area contributed by atoms with E-state index < -0.39 is 64.7 Å². The van der Waals surface area contributed by atoms with Crippen LogP contribution in [0, 0.1) is 17.5 Å². The van der Waals surface area contributed by atoms with Crippen molar-refractivity contribution in [3.8, 4) is 22.4 Å². The predicted molar refractivity (Wildman–Crippen MR) is 151 cm³/mol. The number of thioether (sulfide) groups is 1. The van der Waals surface area contributed by atoms with Gasteiger partial charge in [0.15, 0.2) is 17.5 Å². The highest BCUT2D eigenvalue weighted by atomic mass is 32.2. The van der Waals surface area contributed by atoms with Crippen molar-refractivity contribution in [3.63, 3.8) is 0 Å². The first-order chi connectivity index (χ1) is 20.0. The molecule has 1 saturated heterocycles. The van der Waals surface area contributed by atoms with Gasteiger partial charge in [-0.15, -0.1) is 16.9 Å². The van der Waals surface area contributed by atoms with Gasteiger partial charge in [-0.1, -0.05) is 59.8 Å². The Balaban J connectivity index is 1.49. The first kappa shape index (κ1) is 30.2. The van der Waals surface area contributed by atoms with Gasteiger partial charge in [-0.05, 0) is 42.7 Å². The molecular formula is C30H30F3N3O5S. The van der Waals surface area contributed by atoms with Crippen LogP contribution in [0.15, 0.2) is 72.9 Å². The molecule has 0 bridgehead atoms. The highest BCUT2D eigenvalue weighted by molar-refractivity contribution is 8.00. The minimum Gasteiger partial charge on any atom is -0.394 e. The lowest BCUT2D eigenvalue weighted by Crippen LogP contribution is -2.55. The summed E-state index contributed by atoms with van der Waals surface area (Å²) in [5, 5.41) is 51.0. The Morgan fingerprint density at radius 3 is 2.24 bits per heavy atom. The van der Waals surface area contributed by atoms with Gasteiger partial charge in [-0.25, -0.2) is 17.9 Å². The molecule has 0 saturated carbocycles. The Hall–Kier alpha value is -3.26. The van der Waals surface area contributed by atoms with Crippen molar-refractivity contribution in [1.29, 1.82) is 0 Å². The third-order valence-corrected chi connectivity index (χ3v) is 8.94. The van der Waals surface area contributed by atoms with E-state index in [1.807, 2.05) is 54.6 Å². The van der Waals surface area contributed by atoms with Crippen LogP contribution in [-0.4, -0.2) is 71.4 Å². The van der Waals surface area contributed by atoms with Crippen LogP contribution < -0.4 is 0 Å². The Labute approximate surface area is 244 Å². The van der Waals surface area contributed by atoms with E-state index >= 15 is 0 Å². The van der Waals surface area contributed by atoms with E-state index in [4.69, 9.17) is 4.74 Å². The van der Waals surface area contributed by atoms with Crippen LogP contribution in [0.3, 0.4) is 0 Å². The molecule has 3 aromatic carbocycles. The predicted octanol–water partition coefficient (Wildman–Crippen LogP) is 4.25. The fraction of sp³-hybridized carbons (Fsp3) is 0.333. The molecule has 1 aliphatic heterocycles. The van der Waals surface area contributed by atoms with Crippen LogP contribution in [0.2, 0.25) is 0 Å². The van der Waals surface area contributed by atoms with Crippen LogP contribution in [0.4, 0.5) is 13.2 Å². The molecule has 0 amide bonds. The van der Waals surface area contributed by atoms with Crippen LogP contribution in [0.5, 0.6) is 0 Å². The molecule has 1 aliphatic rings. The molecule has 0 spiro atoms. The molecule has 0 radical (unpaired) electrons. The number of rotatable bonds is 8. The van der Waals surface area contributed by atoms with Crippen molar-refractivity contribution in [2.45, 2.75) is 54.5 Å². The maximum Gasteiger partial charge on any atom is 0.194 e. The summed E-state index contributed by atoms with van der Waals surface area (Å²) < 4.78 is 48.2. The summed E-state index contributed by atoms with van der Waals surface area (Å²) in [5.41, 5.74) is 0.0764. The van der Waals surface area contributed by atoms with Crippen molar-refractivity contribution >= 4 is 11.8 Å². The first-order valence-electron chi connectivity index (χ1n) is 13.2. The van der Waals surface area contributed by atoms with E-state index in [1.165, 1.54) is 6.20 Å². The van der Waals surface area contributed by atoms with Crippen LogP contribution in [-0.2, 0) is 4.74 Å². The summed E-state index contributed by atoms with van der Waals surface area (Å²) in [5.74, 6) is -4.44. The van der Waals surface area contributed by atoms with Gasteiger partial charge in [-0.3, -0.25) is 0 Å². The fourth-order valence-corrected chi connectivity index (χ4v) is 6.59. The quantitative estimate of drug-likeness (QED) is 0.221. The Kier molecular flexibility index (Phi) is 8.74. The topological polar surface area (TPSA) is 121 Å². The van der Waals surface area contributed by atoms with E-state index in [-0.39, 0.29) is 11.3 Å². The lowest BCUT2D eigenvalue weighted by molar-refractivity contribution is -0.178. The number of hydrogen-bond donors (Lipinski definition) is 4. The van der Waals surface area contributed by atoms with Gasteiger partial charge in [0.05, 0.1) is 23.7 Å². The van der Waals surface area contributed by atoms with Gasteiger partial charge >= 0.3 is 0 Å². The molecule has 4 aromatic rings. The summed E-state index contributed by atoms with van der Waals surface area (Å²) in [7, 11) is 0. The van der Waals surface area contributed by atoms with E-state index in [0.717, 1.165) is 45.3 Å². The molecule has 222 valence electrons. The van der Waals surface area contributed by atoms with E-state index in [0.29, 0.717) is 0 Å². The summed E-state index contributed by atoms with van der Waals surface area (Å²) >= 11 is 1.12. The fourth-order valence-electron chi connectivity index (χ4n) is 5.11. The van der Waals surface area contributed by atoms with Gasteiger partial charge in [0.25, 0.3) is 0 Å². The minimum atomic E-state index is -1.62. The van der Waals surface area contributed by atoms with Crippen LogP contribution in [0.25, 0.3) is 22.4 Å². The monoisotopic (exact) mass is 601 g/mol. The Morgan fingerprint density at radius 1 is 0.952 bits per heavy atom. The third-order valence-electron chi connectivity index (χ3n) is 7.18. The second-order valence-electron chi connectivity index (χ2n) is 10.7. The minimum absolute atomic E-state index is 0.0328. The maximum atomic E-state index is 13.8. The average Bonchev–Trinajstić information content (AvgIpc) is 3.45. The summed E-state index contributed by atoms with van der Waals surface area (Å²) in [6, 6.07) is 17.5. The second kappa shape index (κ2) is 12.2. The number of aliphatic hydroxyl groups excluding tert-OH is 3. The molecule has 5 rings (SSSR count). The Morgan fingerprint density at radius 2 is 1.60 bits per heavy atom. The first-order valence-corrected chi connectivity index (χ1v) is 14.1. The molecule has 1 unspecified atom stereocenters. The van der Waals surface area contributed by atoms with Crippen molar-refractivity contribution in [3.05, 3.63) is 95.9 Å². The van der Waals surface area contributed by atoms with Gasteiger partial charge in [0.2, 0.25) is 0 Å². The standard InChI is InChI=1S/C30H30F3N3O5S/c1-30(2,40)28(19-11-7-6-10-18(19)16-8-4-3-5-9-16)42-29-27(39)25(26(38)23(15-37)41-29)36-14-22(34-35-36)17-12-20(31)24(33)21(32)13-17/h3-14,23,25-29,37-40H,15H2,1-2H3/t23-,25+,26+,27-,28?,29+/m1/s1. The highest BCUT2D eigenvalue weighted by Gasteiger charge is 2.48. The largest absolute Gasteiger partial charge is 0.394 e. The van der Waals surface area contributed by atoms with Gasteiger partial charge in [0.1, 0.15) is 35.5 Å². The summed E-state index contributed by atoms with van der Waals surface area (Å²) in [6.07, 6.45) is -2.77. The maximum absolute atomic E-state index is 13.8.